The minimum Gasteiger partial charge on any atom is -0.359 e. The zero-order valence-electron chi connectivity index (χ0n) is 18.2. The molecule has 0 fully saturated rings. The number of carbonyl (C=O) groups excluding carboxylic acids is 3. The molecule has 0 spiro atoms. The fraction of sp³-hybridized carbons (Fsp3) is 0.0690. The normalized spacial score (nSPS) is 10.6. The number of ether oxygens (including phenoxy) is 2. The minimum atomic E-state index is -1.36. The van der Waals surface area contributed by atoms with Crippen molar-refractivity contribution < 1.29 is 23.9 Å². The lowest BCUT2D eigenvalue weighted by Gasteiger charge is -2.18. The third-order valence-corrected chi connectivity index (χ3v) is 5.37. The first-order chi connectivity index (χ1) is 16.6. The highest BCUT2D eigenvalue weighted by Gasteiger charge is 2.31. The van der Waals surface area contributed by atoms with Crippen LogP contribution in [-0.2, 0) is 19.1 Å². The molecule has 0 N–H and O–H groups in total. The maximum absolute atomic E-state index is 13.0. The van der Waals surface area contributed by atoms with Crippen molar-refractivity contribution in [2.45, 2.75) is 11.8 Å². The quantitative estimate of drug-likeness (QED) is 0.272. The summed E-state index contributed by atoms with van der Waals surface area (Å²) in [7, 11) is 0. The molecule has 5 heteroatoms. The van der Waals surface area contributed by atoms with E-state index in [0.29, 0.717) is 22.3 Å². The Balaban J connectivity index is 1.53. The Labute approximate surface area is 197 Å². The van der Waals surface area contributed by atoms with Gasteiger partial charge in [0.1, 0.15) is 11.8 Å². The number of hydrogen-bond acceptors (Lipinski definition) is 5. The highest BCUT2D eigenvalue weighted by Crippen LogP contribution is 2.28. The first-order valence-electron chi connectivity index (χ1n) is 10.8. The third kappa shape index (κ3) is 5.45. The van der Waals surface area contributed by atoms with Gasteiger partial charge in [0.05, 0.1) is 0 Å². The van der Waals surface area contributed by atoms with E-state index in [-0.39, 0.29) is 0 Å². The van der Waals surface area contributed by atoms with Crippen molar-refractivity contribution in [3.63, 3.8) is 0 Å². The van der Waals surface area contributed by atoms with Gasteiger partial charge < -0.3 is 9.47 Å². The van der Waals surface area contributed by atoms with Crippen molar-refractivity contribution in [3.8, 4) is 0 Å². The van der Waals surface area contributed by atoms with Crippen molar-refractivity contribution in [2.24, 2.45) is 0 Å². The standard InChI is InChI=1S/C29H22O5/c30-27(25(21-13-5-1-6-14-21)22-15-7-2-8-16-22)33-29(32)34-28(31)26(23-17-9-3-10-18-23)24-19-11-4-12-20-24/h1-20,25-26H. The molecule has 0 heterocycles. The molecule has 5 nitrogen and oxygen atoms in total. The second kappa shape index (κ2) is 10.9. The summed E-state index contributed by atoms with van der Waals surface area (Å²) in [4.78, 5) is 38.5. The second-order valence-corrected chi connectivity index (χ2v) is 7.60. The summed E-state index contributed by atoms with van der Waals surface area (Å²) in [5, 5.41) is 0. The zero-order valence-corrected chi connectivity index (χ0v) is 18.2. The molecule has 0 atom stereocenters. The summed E-state index contributed by atoms with van der Waals surface area (Å²) in [5.74, 6) is -3.34. The van der Waals surface area contributed by atoms with E-state index < -0.39 is 29.9 Å². The van der Waals surface area contributed by atoms with Crippen LogP contribution in [0, 0.1) is 0 Å². The fourth-order valence-electron chi connectivity index (χ4n) is 3.81. The number of hydrogen-bond donors (Lipinski definition) is 0. The van der Waals surface area contributed by atoms with Crippen molar-refractivity contribution in [1.29, 1.82) is 0 Å². The molecular weight excluding hydrogens is 428 g/mol. The molecular formula is C29H22O5. The molecule has 0 aliphatic rings. The van der Waals surface area contributed by atoms with Gasteiger partial charge in [-0.1, -0.05) is 121 Å². The highest BCUT2D eigenvalue weighted by molar-refractivity contribution is 5.95. The lowest BCUT2D eigenvalue weighted by molar-refractivity contribution is -0.147. The third-order valence-electron chi connectivity index (χ3n) is 5.37. The van der Waals surface area contributed by atoms with Crippen molar-refractivity contribution in [3.05, 3.63) is 144 Å². The van der Waals surface area contributed by atoms with Crippen LogP contribution >= 0.6 is 0 Å². The van der Waals surface area contributed by atoms with Gasteiger partial charge in [0.15, 0.2) is 0 Å². The van der Waals surface area contributed by atoms with Crippen LogP contribution in [0.2, 0.25) is 0 Å². The van der Waals surface area contributed by atoms with Gasteiger partial charge in [-0.05, 0) is 22.3 Å². The Bertz CT molecular complexity index is 1060. The van der Waals surface area contributed by atoms with Crippen molar-refractivity contribution in [1.82, 2.24) is 0 Å². The first kappa shape index (κ1) is 22.7. The fourth-order valence-corrected chi connectivity index (χ4v) is 3.81. The zero-order chi connectivity index (χ0) is 23.8. The van der Waals surface area contributed by atoms with E-state index in [1.165, 1.54) is 0 Å². The molecule has 0 aliphatic heterocycles. The monoisotopic (exact) mass is 450 g/mol. The van der Waals surface area contributed by atoms with E-state index in [4.69, 9.17) is 9.47 Å². The molecule has 0 aliphatic carbocycles. The maximum atomic E-state index is 13.0. The topological polar surface area (TPSA) is 69.7 Å². The summed E-state index contributed by atoms with van der Waals surface area (Å²) >= 11 is 0. The van der Waals surface area contributed by atoms with Crippen LogP contribution in [0.1, 0.15) is 34.1 Å². The van der Waals surface area contributed by atoms with Crippen LogP contribution in [0.3, 0.4) is 0 Å². The Hall–Kier alpha value is -4.51. The van der Waals surface area contributed by atoms with Gasteiger partial charge in [0.25, 0.3) is 0 Å². The van der Waals surface area contributed by atoms with E-state index in [0.717, 1.165) is 0 Å². The summed E-state index contributed by atoms with van der Waals surface area (Å²) in [6.45, 7) is 0. The molecule has 0 aromatic heterocycles. The molecule has 4 rings (SSSR count). The molecule has 0 unspecified atom stereocenters. The van der Waals surface area contributed by atoms with Crippen LogP contribution in [-0.4, -0.2) is 18.1 Å². The lowest BCUT2D eigenvalue weighted by Crippen LogP contribution is -2.26. The summed E-state index contributed by atoms with van der Waals surface area (Å²) in [5.41, 5.74) is 2.63. The molecule has 168 valence electrons. The minimum absolute atomic E-state index is 0.657. The van der Waals surface area contributed by atoms with E-state index in [2.05, 4.69) is 0 Å². The van der Waals surface area contributed by atoms with Gasteiger partial charge in [-0.3, -0.25) is 9.59 Å². The average molecular weight is 450 g/mol. The van der Waals surface area contributed by atoms with E-state index in [9.17, 15) is 14.4 Å². The van der Waals surface area contributed by atoms with E-state index in [1.807, 2.05) is 24.3 Å². The van der Waals surface area contributed by atoms with Crippen LogP contribution in [0.5, 0.6) is 0 Å². The Morgan fingerprint density at radius 2 is 0.647 bits per heavy atom. The predicted octanol–water partition coefficient (Wildman–Crippen LogP) is 5.86. The average Bonchev–Trinajstić information content (AvgIpc) is 2.87. The van der Waals surface area contributed by atoms with Crippen molar-refractivity contribution in [2.75, 3.05) is 0 Å². The number of rotatable bonds is 6. The molecule has 4 aromatic rings. The largest absolute Gasteiger partial charge is 0.524 e. The van der Waals surface area contributed by atoms with Crippen molar-refractivity contribution >= 4 is 18.1 Å². The highest BCUT2D eigenvalue weighted by atomic mass is 16.8. The van der Waals surface area contributed by atoms with E-state index in [1.54, 1.807) is 97.1 Å². The maximum Gasteiger partial charge on any atom is 0.524 e. The van der Waals surface area contributed by atoms with Gasteiger partial charge in [-0.25, -0.2) is 4.79 Å². The molecule has 0 saturated heterocycles. The number of benzene rings is 4. The molecule has 34 heavy (non-hydrogen) atoms. The smallest absolute Gasteiger partial charge is 0.359 e. The SMILES string of the molecule is O=C(OC(=O)C(c1ccccc1)c1ccccc1)OC(=O)C(c1ccccc1)c1ccccc1. The Morgan fingerprint density at radius 1 is 0.412 bits per heavy atom. The van der Waals surface area contributed by atoms with Gasteiger partial charge in [0.2, 0.25) is 0 Å². The molecule has 0 bridgehead atoms. The van der Waals surface area contributed by atoms with Gasteiger partial charge in [-0.2, -0.15) is 0 Å². The van der Waals surface area contributed by atoms with Gasteiger partial charge >= 0.3 is 18.1 Å². The number of carbonyl (C=O) groups is 3. The Kier molecular flexibility index (Phi) is 7.25. The van der Waals surface area contributed by atoms with Crippen LogP contribution < -0.4 is 0 Å². The summed E-state index contributed by atoms with van der Waals surface area (Å²) in [6, 6.07) is 35.9. The number of esters is 2. The van der Waals surface area contributed by atoms with E-state index >= 15 is 0 Å². The second-order valence-electron chi connectivity index (χ2n) is 7.60. The Morgan fingerprint density at radius 3 is 0.882 bits per heavy atom. The summed E-state index contributed by atoms with van der Waals surface area (Å²) < 4.78 is 9.99. The predicted molar refractivity (Wildman–Crippen MR) is 127 cm³/mol. The van der Waals surface area contributed by atoms with Crippen LogP contribution in [0.4, 0.5) is 4.79 Å². The summed E-state index contributed by atoms with van der Waals surface area (Å²) in [6.07, 6.45) is -1.36. The van der Waals surface area contributed by atoms with Gasteiger partial charge in [0, 0.05) is 0 Å². The van der Waals surface area contributed by atoms with Crippen LogP contribution in [0.25, 0.3) is 0 Å². The molecule has 0 amide bonds. The first-order valence-corrected chi connectivity index (χ1v) is 10.8. The van der Waals surface area contributed by atoms with Crippen LogP contribution in [0.15, 0.2) is 121 Å². The molecule has 0 saturated carbocycles. The lowest BCUT2D eigenvalue weighted by atomic mass is 9.91. The molecule has 0 radical (unpaired) electrons. The molecule has 4 aromatic carbocycles. The van der Waals surface area contributed by atoms with Gasteiger partial charge in [-0.15, -0.1) is 0 Å².